The number of hydrogen-bond acceptors (Lipinski definition) is 3. The van der Waals surface area contributed by atoms with Crippen molar-refractivity contribution in [2.75, 3.05) is 23.4 Å². The first kappa shape index (κ1) is 6.97. The molecule has 3 heteroatoms. The predicted molar refractivity (Wildman–Crippen MR) is 53.5 cm³/mol. The number of nitrogens with zero attached hydrogens (tertiary/aromatic N) is 1. The minimum absolute atomic E-state index is 0.899. The molecular weight excluding hydrogens is 162 g/mol. The Morgan fingerprint density at radius 1 is 1.23 bits per heavy atom. The number of para-hydroxylation sites is 2. The summed E-state index contributed by atoms with van der Waals surface area (Å²) in [4.78, 5) is 2.25. The first-order valence-corrected chi connectivity index (χ1v) is 4.49. The van der Waals surface area contributed by atoms with Crippen molar-refractivity contribution in [2.24, 2.45) is 0 Å². The zero-order chi connectivity index (χ0) is 8.67. The second-order valence-electron chi connectivity index (χ2n) is 3.27. The molecule has 0 aliphatic carbocycles. The average Bonchev–Trinajstić information content (AvgIpc) is 2.56. The van der Waals surface area contributed by atoms with Crippen LogP contribution in [0.5, 0.6) is 0 Å². The van der Waals surface area contributed by atoms with E-state index in [1.165, 1.54) is 17.2 Å². The lowest BCUT2D eigenvalue weighted by molar-refractivity contribution is 0.709. The summed E-state index contributed by atoms with van der Waals surface area (Å²) in [5, 5.41) is 6.69. The third-order valence-corrected chi connectivity index (χ3v) is 2.46. The molecule has 0 amide bonds. The van der Waals surface area contributed by atoms with Crippen molar-refractivity contribution < 1.29 is 0 Å². The Morgan fingerprint density at radius 3 is 3.15 bits per heavy atom. The Labute approximate surface area is 77.0 Å². The second-order valence-corrected chi connectivity index (χ2v) is 3.27. The lowest BCUT2D eigenvalue weighted by Crippen LogP contribution is -2.37. The van der Waals surface area contributed by atoms with E-state index in [0.717, 1.165) is 13.2 Å². The van der Waals surface area contributed by atoms with Gasteiger partial charge < -0.3 is 10.2 Å². The fraction of sp³-hybridized carbons (Fsp3) is 0.200. The lowest BCUT2D eigenvalue weighted by atomic mass is 10.3. The van der Waals surface area contributed by atoms with Gasteiger partial charge in [-0.3, -0.25) is 5.32 Å². The molecule has 0 unspecified atom stereocenters. The van der Waals surface area contributed by atoms with E-state index in [4.69, 9.17) is 0 Å². The molecule has 3 nitrogen and oxygen atoms in total. The zero-order valence-electron chi connectivity index (χ0n) is 7.25. The van der Waals surface area contributed by atoms with E-state index in [1.807, 2.05) is 0 Å². The molecular formula is C10H11N3. The average molecular weight is 173 g/mol. The molecule has 0 atom stereocenters. The summed E-state index contributed by atoms with van der Waals surface area (Å²) in [7, 11) is 0. The van der Waals surface area contributed by atoms with Crippen LogP contribution < -0.4 is 15.5 Å². The predicted octanol–water partition coefficient (Wildman–Crippen LogP) is 1.32. The fourth-order valence-electron chi connectivity index (χ4n) is 1.83. The molecule has 2 N–H and O–H groups in total. The maximum Gasteiger partial charge on any atom is 0.109 e. The Bertz CT molecular complexity index is 370. The molecule has 0 saturated carbocycles. The number of hydrogen-bond donors (Lipinski definition) is 2. The molecule has 0 fully saturated rings. The summed E-state index contributed by atoms with van der Waals surface area (Å²) in [6, 6.07) is 8.36. The molecule has 1 aromatic carbocycles. The molecule has 2 aliphatic rings. The van der Waals surface area contributed by atoms with Crippen molar-refractivity contribution in [1.82, 2.24) is 5.32 Å². The van der Waals surface area contributed by atoms with Crippen LogP contribution in [0.1, 0.15) is 0 Å². The van der Waals surface area contributed by atoms with Crippen LogP contribution in [0.2, 0.25) is 0 Å². The lowest BCUT2D eigenvalue weighted by Gasteiger charge is -2.24. The topological polar surface area (TPSA) is 27.3 Å². The highest BCUT2D eigenvalue weighted by Gasteiger charge is 2.23. The van der Waals surface area contributed by atoms with Crippen molar-refractivity contribution in [3.05, 3.63) is 36.2 Å². The Kier molecular flexibility index (Phi) is 1.34. The van der Waals surface area contributed by atoms with Crippen LogP contribution in [0.3, 0.4) is 0 Å². The molecule has 66 valence electrons. The van der Waals surface area contributed by atoms with Crippen molar-refractivity contribution in [3.63, 3.8) is 0 Å². The van der Waals surface area contributed by atoms with E-state index >= 15 is 0 Å². The van der Waals surface area contributed by atoms with Crippen molar-refractivity contribution in [2.45, 2.75) is 0 Å². The molecule has 13 heavy (non-hydrogen) atoms. The van der Waals surface area contributed by atoms with Crippen molar-refractivity contribution in [3.8, 4) is 0 Å². The van der Waals surface area contributed by atoms with Crippen LogP contribution in [0.15, 0.2) is 36.2 Å². The molecule has 0 radical (unpaired) electrons. The van der Waals surface area contributed by atoms with E-state index in [1.54, 1.807) is 0 Å². The van der Waals surface area contributed by atoms with Gasteiger partial charge in [0.25, 0.3) is 0 Å². The van der Waals surface area contributed by atoms with Gasteiger partial charge in [-0.25, -0.2) is 0 Å². The largest absolute Gasteiger partial charge is 0.340 e. The first-order valence-electron chi connectivity index (χ1n) is 4.49. The fourth-order valence-corrected chi connectivity index (χ4v) is 1.83. The van der Waals surface area contributed by atoms with Gasteiger partial charge in [-0.2, -0.15) is 0 Å². The van der Waals surface area contributed by atoms with Gasteiger partial charge in [0.2, 0.25) is 0 Å². The molecule has 0 spiro atoms. The highest BCUT2D eigenvalue weighted by atomic mass is 15.4. The normalized spacial score (nSPS) is 18.8. The number of rotatable bonds is 0. The van der Waals surface area contributed by atoms with Gasteiger partial charge in [-0.15, -0.1) is 0 Å². The quantitative estimate of drug-likeness (QED) is 0.619. The smallest absolute Gasteiger partial charge is 0.109 e. The maximum atomic E-state index is 3.38. The molecule has 0 aromatic heterocycles. The van der Waals surface area contributed by atoms with Gasteiger partial charge in [-0.1, -0.05) is 12.1 Å². The number of nitrogens with one attached hydrogen (secondary N) is 2. The summed E-state index contributed by atoms with van der Waals surface area (Å²) in [6.45, 7) is 1.85. The summed E-state index contributed by atoms with van der Waals surface area (Å²) in [5.41, 5.74) is 2.47. The molecule has 2 heterocycles. The highest BCUT2D eigenvalue weighted by molar-refractivity contribution is 5.80. The van der Waals surface area contributed by atoms with E-state index < -0.39 is 0 Å². The summed E-state index contributed by atoms with van der Waals surface area (Å²) in [5.74, 6) is 1.21. The standard InChI is InChI=1S/C10H11N3/c1-2-4-9-8(3-1)12-10-5-6-11-7-13(9)10/h1-5,11-12H,6-7H2. The van der Waals surface area contributed by atoms with Crippen LogP contribution in [0, 0.1) is 0 Å². The van der Waals surface area contributed by atoms with Crippen molar-refractivity contribution >= 4 is 11.4 Å². The van der Waals surface area contributed by atoms with Crippen LogP contribution >= 0.6 is 0 Å². The molecule has 2 aliphatic heterocycles. The van der Waals surface area contributed by atoms with E-state index in [2.05, 4.69) is 45.9 Å². The first-order chi connectivity index (χ1) is 6.45. The number of fused-ring (bicyclic) bond motifs is 3. The van der Waals surface area contributed by atoms with E-state index in [-0.39, 0.29) is 0 Å². The third-order valence-electron chi connectivity index (χ3n) is 2.46. The Balaban J connectivity index is 2.12. The maximum absolute atomic E-state index is 3.38. The van der Waals surface area contributed by atoms with E-state index in [0.29, 0.717) is 0 Å². The van der Waals surface area contributed by atoms with Gasteiger partial charge in [0.15, 0.2) is 0 Å². The molecule has 3 rings (SSSR count). The van der Waals surface area contributed by atoms with Gasteiger partial charge in [-0.05, 0) is 18.2 Å². The van der Waals surface area contributed by atoms with Crippen LogP contribution in [-0.4, -0.2) is 13.2 Å². The monoisotopic (exact) mass is 173 g/mol. The Morgan fingerprint density at radius 2 is 2.15 bits per heavy atom. The minimum atomic E-state index is 0.899. The third kappa shape index (κ3) is 0.939. The van der Waals surface area contributed by atoms with Gasteiger partial charge in [0.1, 0.15) is 5.82 Å². The van der Waals surface area contributed by atoms with Gasteiger partial charge in [0.05, 0.1) is 18.0 Å². The summed E-state index contributed by atoms with van der Waals surface area (Å²) in [6.07, 6.45) is 2.17. The number of benzene rings is 1. The van der Waals surface area contributed by atoms with Crippen LogP contribution in [0.4, 0.5) is 11.4 Å². The molecule has 1 aromatic rings. The van der Waals surface area contributed by atoms with Crippen LogP contribution in [-0.2, 0) is 0 Å². The van der Waals surface area contributed by atoms with Gasteiger partial charge >= 0.3 is 0 Å². The minimum Gasteiger partial charge on any atom is -0.340 e. The summed E-state index contributed by atoms with van der Waals surface area (Å²) >= 11 is 0. The molecule has 0 saturated heterocycles. The SMILES string of the molecule is C1=C2Nc3ccccc3N2CNC1. The highest BCUT2D eigenvalue weighted by Crippen LogP contribution is 2.35. The Hall–Kier alpha value is -1.48. The van der Waals surface area contributed by atoms with Gasteiger partial charge in [0, 0.05) is 6.54 Å². The number of anilines is 2. The van der Waals surface area contributed by atoms with Crippen molar-refractivity contribution in [1.29, 1.82) is 0 Å². The van der Waals surface area contributed by atoms with E-state index in [9.17, 15) is 0 Å². The summed E-state index contributed by atoms with van der Waals surface area (Å²) < 4.78 is 0. The molecule has 0 bridgehead atoms. The van der Waals surface area contributed by atoms with Crippen LogP contribution in [0.25, 0.3) is 0 Å². The second kappa shape index (κ2) is 2.50. The zero-order valence-corrected chi connectivity index (χ0v) is 7.25.